The Balaban J connectivity index is 1.83. The van der Waals surface area contributed by atoms with Crippen molar-refractivity contribution in [1.29, 1.82) is 0 Å². The molecule has 1 amide bonds. The molecule has 4 rings (SSSR count). The molecule has 1 saturated carbocycles. The van der Waals surface area contributed by atoms with E-state index in [2.05, 4.69) is 10.4 Å². The number of methoxy groups -OCH3 is 1. The number of benzene rings is 1. The maximum atomic E-state index is 13.0. The van der Waals surface area contributed by atoms with E-state index >= 15 is 0 Å². The lowest BCUT2D eigenvalue weighted by atomic mass is 10.0. The number of para-hydroxylation sites is 1. The highest BCUT2D eigenvalue weighted by atomic mass is 32.2. The number of aromatic amines is 1. The van der Waals surface area contributed by atoms with Crippen molar-refractivity contribution in [2.24, 2.45) is 0 Å². The Hall–Kier alpha value is -2.15. The van der Waals surface area contributed by atoms with E-state index in [0.29, 0.717) is 17.1 Å². The number of thioether (sulfide) groups is 1. The van der Waals surface area contributed by atoms with E-state index in [1.807, 2.05) is 28.9 Å². The second kappa shape index (κ2) is 7.84. The summed E-state index contributed by atoms with van der Waals surface area (Å²) in [7, 11) is 1.63. The normalized spacial score (nSPS) is 21.1. The first kappa shape index (κ1) is 18.2. The summed E-state index contributed by atoms with van der Waals surface area (Å²) in [5.74, 6) is 1.61. The van der Waals surface area contributed by atoms with E-state index in [4.69, 9.17) is 4.74 Å². The van der Waals surface area contributed by atoms with Crippen LogP contribution in [0.15, 0.2) is 29.1 Å². The van der Waals surface area contributed by atoms with Crippen LogP contribution in [0.4, 0.5) is 5.82 Å². The molecule has 6 nitrogen and oxygen atoms in total. The molecule has 1 fully saturated rings. The molecule has 1 aromatic carbocycles. The highest BCUT2D eigenvalue weighted by molar-refractivity contribution is 8.00. The van der Waals surface area contributed by atoms with Crippen molar-refractivity contribution in [2.45, 2.75) is 49.8 Å². The van der Waals surface area contributed by atoms with Crippen LogP contribution in [0.5, 0.6) is 5.75 Å². The molecule has 0 radical (unpaired) electrons. The van der Waals surface area contributed by atoms with Gasteiger partial charge in [0.2, 0.25) is 5.91 Å². The van der Waals surface area contributed by atoms with Gasteiger partial charge in [0, 0.05) is 5.56 Å². The Morgan fingerprint density at radius 3 is 2.59 bits per heavy atom. The van der Waals surface area contributed by atoms with Crippen LogP contribution in [0.2, 0.25) is 0 Å². The number of rotatable bonds is 3. The third kappa shape index (κ3) is 3.52. The lowest BCUT2D eigenvalue weighted by molar-refractivity contribution is -0.113. The number of nitrogens with zero attached hydrogens (tertiary/aromatic N) is 1. The highest BCUT2D eigenvalue weighted by Gasteiger charge is 2.33. The lowest BCUT2D eigenvalue weighted by Gasteiger charge is -2.20. The van der Waals surface area contributed by atoms with E-state index in [-0.39, 0.29) is 22.8 Å². The number of hydrogen-bond acceptors (Lipinski definition) is 4. The van der Waals surface area contributed by atoms with Gasteiger partial charge >= 0.3 is 0 Å². The Kier molecular flexibility index (Phi) is 5.29. The van der Waals surface area contributed by atoms with Gasteiger partial charge in [-0.2, -0.15) is 0 Å². The SMILES string of the molecule is COc1ccccc1[C@H]1SCC(=O)Nc2c1c(=O)[nH]n2C1CCCCCC1. The molecular weight excluding hydrogens is 362 g/mol. The first-order valence-electron chi connectivity index (χ1n) is 9.58. The molecule has 2 aliphatic rings. The van der Waals surface area contributed by atoms with E-state index in [9.17, 15) is 9.59 Å². The summed E-state index contributed by atoms with van der Waals surface area (Å²) in [6.07, 6.45) is 6.82. The molecule has 0 spiro atoms. The average molecular weight is 388 g/mol. The second-order valence-corrected chi connectivity index (χ2v) is 8.29. The smallest absolute Gasteiger partial charge is 0.270 e. The largest absolute Gasteiger partial charge is 0.496 e. The van der Waals surface area contributed by atoms with Gasteiger partial charge in [-0.25, -0.2) is 0 Å². The molecule has 1 aromatic heterocycles. The van der Waals surface area contributed by atoms with Crippen LogP contribution in [0.25, 0.3) is 0 Å². The molecule has 27 heavy (non-hydrogen) atoms. The van der Waals surface area contributed by atoms with E-state index < -0.39 is 0 Å². The Morgan fingerprint density at radius 1 is 1.11 bits per heavy atom. The third-order valence-electron chi connectivity index (χ3n) is 5.47. The Bertz CT molecular complexity index is 881. The molecule has 1 aliphatic heterocycles. The zero-order chi connectivity index (χ0) is 18.8. The third-order valence-corrected chi connectivity index (χ3v) is 6.73. The van der Waals surface area contributed by atoms with Crippen molar-refractivity contribution in [1.82, 2.24) is 9.78 Å². The number of H-pyrrole nitrogens is 1. The molecule has 0 unspecified atom stereocenters. The van der Waals surface area contributed by atoms with Crippen molar-refractivity contribution in [3.8, 4) is 5.75 Å². The Labute approximate surface area is 162 Å². The lowest BCUT2D eigenvalue weighted by Crippen LogP contribution is -2.19. The number of carbonyl (C=O) groups excluding carboxylic acids is 1. The van der Waals surface area contributed by atoms with Crippen LogP contribution in [-0.4, -0.2) is 28.6 Å². The summed E-state index contributed by atoms with van der Waals surface area (Å²) in [6.45, 7) is 0. The number of carbonyl (C=O) groups is 1. The second-order valence-electron chi connectivity index (χ2n) is 7.20. The minimum Gasteiger partial charge on any atom is -0.496 e. The summed E-state index contributed by atoms with van der Waals surface area (Å²) in [5, 5.41) is 5.78. The summed E-state index contributed by atoms with van der Waals surface area (Å²) < 4.78 is 7.45. The van der Waals surface area contributed by atoms with Crippen molar-refractivity contribution in [3.63, 3.8) is 0 Å². The minimum absolute atomic E-state index is 0.0694. The van der Waals surface area contributed by atoms with Crippen molar-refractivity contribution < 1.29 is 9.53 Å². The van der Waals surface area contributed by atoms with Crippen LogP contribution in [0.3, 0.4) is 0 Å². The van der Waals surface area contributed by atoms with Crippen LogP contribution < -0.4 is 15.6 Å². The standard InChI is InChI=1S/C20H25N3O3S/c1-26-15-11-7-6-10-14(15)18-17-19(21-16(24)12-27-18)23(22-20(17)25)13-8-4-2-3-5-9-13/h6-7,10-11,13,18H,2-5,8-9,12H2,1H3,(H,21,24)(H,22,25)/t18-/m1/s1. The zero-order valence-corrected chi connectivity index (χ0v) is 16.3. The molecule has 2 N–H and O–H groups in total. The van der Waals surface area contributed by atoms with E-state index in [1.165, 1.54) is 24.6 Å². The molecule has 1 aliphatic carbocycles. The predicted molar refractivity (Wildman–Crippen MR) is 108 cm³/mol. The molecule has 0 bridgehead atoms. The van der Waals surface area contributed by atoms with Crippen molar-refractivity contribution in [2.75, 3.05) is 18.2 Å². The highest BCUT2D eigenvalue weighted by Crippen LogP contribution is 2.44. The monoisotopic (exact) mass is 387 g/mol. The fraction of sp³-hybridized carbons (Fsp3) is 0.500. The number of nitrogens with one attached hydrogen (secondary N) is 2. The maximum absolute atomic E-state index is 13.0. The van der Waals surface area contributed by atoms with Gasteiger partial charge in [-0.15, -0.1) is 11.8 Å². The molecule has 2 heterocycles. The average Bonchev–Trinajstić information content (AvgIpc) is 2.89. The van der Waals surface area contributed by atoms with Crippen LogP contribution in [0.1, 0.15) is 60.9 Å². The fourth-order valence-electron chi connectivity index (χ4n) is 4.16. The van der Waals surface area contributed by atoms with Gasteiger partial charge in [-0.1, -0.05) is 43.9 Å². The summed E-state index contributed by atoms with van der Waals surface area (Å²) in [6, 6.07) is 7.94. The molecule has 0 saturated heterocycles. The minimum atomic E-state index is -0.245. The first-order chi connectivity index (χ1) is 13.2. The van der Waals surface area contributed by atoms with Gasteiger partial charge in [0.05, 0.1) is 29.7 Å². The molecule has 7 heteroatoms. The number of amides is 1. The van der Waals surface area contributed by atoms with Gasteiger partial charge in [0.1, 0.15) is 11.6 Å². The number of fused-ring (bicyclic) bond motifs is 1. The number of anilines is 1. The molecular formula is C20H25N3O3S. The van der Waals surface area contributed by atoms with Crippen LogP contribution in [-0.2, 0) is 4.79 Å². The quantitative estimate of drug-likeness (QED) is 0.784. The molecule has 144 valence electrons. The van der Waals surface area contributed by atoms with Gasteiger partial charge < -0.3 is 10.1 Å². The Morgan fingerprint density at radius 2 is 1.85 bits per heavy atom. The van der Waals surface area contributed by atoms with E-state index in [1.54, 1.807) is 7.11 Å². The molecule has 2 aromatic rings. The maximum Gasteiger partial charge on any atom is 0.270 e. The van der Waals surface area contributed by atoms with Crippen molar-refractivity contribution in [3.05, 3.63) is 45.7 Å². The van der Waals surface area contributed by atoms with Gasteiger partial charge in [0.25, 0.3) is 5.56 Å². The first-order valence-corrected chi connectivity index (χ1v) is 10.6. The fourth-order valence-corrected chi connectivity index (χ4v) is 5.31. The van der Waals surface area contributed by atoms with E-state index in [0.717, 1.165) is 37.0 Å². The van der Waals surface area contributed by atoms with Gasteiger partial charge in [-0.05, 0) is 18.9 Å². The number of ether oxygens (including phenoxy) is 1. The summed E-state index contributed by atoms with van der Waals surface area (Å²) in [4.78, 5) is 25.4. The van der Waals surface area contributed by atoms with Crippen LogP contribution >= 0.6 is 11.8 Å². The summed E-state index contributed by atoms with van der Waals surface area (Å²) in [5.41, 5.74) is 1.42. The molecule has 1 atom stereocenters. The zero-order valence-electron chi connectivity index (χ0n) is 15.5. The predicted octanol–water partition coefficient (Wildman–Crippen LogP) is 3.86. The van der Waals surface area contributed by atoms with Gasteiger partial charge in [-0.3, -0.25) is 19.4 Å². The van der Waals surface area contributed by atoms with Crippen molar-refractivity contribution >= 4 is 23.5 Å². The number of aromatic nitrogens is 2. The van der Waals surface area contributed by atoms with Gasteiger partial charge in [0.15, 0.2) is 0 Å². The number of hydrogen-bond donors (Lipinski definition) is 2. The topological polar surface area (TPSA) is 76.1 Å². The summed E-state index contributed by atoms with van der Waals surface area (Å²) >= 11 is 1.47. The van der Waals surface area contributed by atoms with Crippen LogP contribution in [0, 0.1) is 0 Å².